The van der Waals surface area contributed by atoms with E-state index in [2.05, 4.69) is 5.32 Å². The van der Waals surface area contributed by atoms with Crippen LogP contribution < -0.4 is 5.32 Å². The van der Waals surface area contributed by atoms with E-state index in [1.807, 2.05) is 37.6 Å². The van der Waals surface area contributed by atoms with Gasteiger partial charge < -0.3 is 19.2 Å². The van der Waals surface area contributed by atoms with Crippen molar-refractivity contribution in [1.29, 1.82) is 0 Å². The summed E-state index contributed by atoms with van der Waals surface area (Å²) in [5.41, 5.74) is 3.70. The average Bonchev–Trinajstić information content (AvgIpc) is 3.03. The Hall–Kier alpha value is -2.83. The van der Waals surface area contributed by atoms with Crippen LogP contribution in [0.1, 0.15) is 40.1 Å². The maximum absolute atomic E-state index is 12.9. The molecule has 140 valence electrons. The molecule has 0 unspecified atom stereocenters. The Labute approximate surface area is 152 Å². The zero-order valence-corrected chi connectivity index (χ0v) is 15.9. The molecule has 1 amide bonds. The first-order chi connectivity index (χ1) is 12.2. The Morgan fingerprint density at radius 1 is 1.12 bits per heavy atom. The number of nitrogens with zero attached hydrogens (tertiary/aromatic N) is 2. The van der Waals surface area contributed by atoms with Gasteiger partial charge in [-0.3, -0.25) is 14.4 Å². The van der Waals surface area contributed by atoms with Gasteiger partial charge in [0.2, 0.25) is 11.7 Å². The highest BCUT2D eigenvalue weighted by Gasteiger charge is 2.22. The number of hydrogen-bond acceptors (Lipinski definition) is 4. The number of esters is 1. The van der Waals surface area contributed by atoms with Crippen molar-refractivity contribution in [3.05, 3.63) is 46.5 Å². The topological polar surface area (TPSA) is 82.3 Å². The first-order valence-electron chi connectivity index (χ1n) is 8.44. The predicted octanol–water partition coefficient (Wildman–Crippen LogP) is 1.43. The van der Waals surface area contributed by atoms with Gasteiger partial charge in [0.25, 0.3) is 0 Å². The fourth-order valence-corrected chi connectivity index (χ4v) is 2.88. The number of rotatable bonds is 7. The molecular formula is C19H25N3O4. The largest absolute Gasteiger partial charge is 0.464 e. The van der Waals surface area contributed by atoms with Gasteiger partial charge in [-0.15, -0.1) is 0 Å². The molecule has 2 heterocycles. The molecular weight excluding hydrogens is 334 g/mol. The molecule has 0 atom stereocenters. The van der Waals surface area contributed by atoms with E-state index in [0.29, 0.717) is 17.1 Å². The highest BCUT2D eigenvalue weighted by atomic mass is 16.5. The molecule has 7 heteroatoms. The van der Waals surface area contributed by atoms with Crippen molar-refractivity contribution in [2.45, 2.75) is 27.2 Å². The normalized spacial score (nSPS) is 10.7. The molecule has 0 saturated heterocycles. The molecule has 0 radical (unpaired) electrons. The molecule has 0 aliphatic heterocycles. The Bertz CT molecular complexity index is 845. The molecule has 0 saturated carbocycles. The van der Waals surface area contributed by atoms with Gasteiger partial charge in [0.05, 0.1) is 24.4 Å². The lowest BCUT2D eigenvalue weighted by molar-refractivity contribution is -0.143. The quantitative estimate of drug-likeness (QED) is 0.461. The smallest absolute Gasteiger partial charge is 0.311 e. The molecule has 2 rings (SSSR count). The molecule has 2 aromatic heterocycles. The summed E-state index contributed by atoms with van der Waals surface area (Å²) < 4.78 is 8.71. The van der Waals surface area contributed by atoms with Gasteiger partial charge in [-0.1, -0.05) is 0 Å². The van der Waals surface area contributed by atoms with Crippen LogP contribution in [0.3, 0.4) is 0 Å². The molecule has 0 aromatic carbocycles. The number of amides is 1. The van der Waals surface area contributed by atoms with Gasteiger partial charge in [0, 0.05) is 32.4 Å². The third kappa shape index (κ3) is 4.22. The van der Waals surface area contributed by atoms with Crippen LogP contribution in [0.5, 0.6) is 0 Å². The van der Waals surface area contributed by atoms with Crippen molar-refractivity contribution < 1.29 is 19.1 Å². The minimum Gasteiger partial charge on any atom is -0.464 e. The monoisotopic (exact) mass is 359 g/mol. The summed E-state index contributed by atoms with van der Waals surface area (Å²) >= 11 is 0. The first-order valence-corrected chi connectivity index (χ1v) is 8.44. The van der Waals surface area contributed by atoms with Gasteiger partial charge in [-0.2, -0.15) is 0 Å². The van der Waals surface area contributed by atoms with E-state index >= 15 is 0 Å². The van der Waals surface area contributed by atoms with E-state index in [4.69, 9.17) is 4.74 Å². The fraction of sp³-hybridized carbons (Fsp3) is 0.421. The second-order valence-electron chi connectivity index (χ2n) is 6.35. The Kier molecular flexibility index (Phi) is 6.02. The minimum absolute atomic E-state index is 0.0663. The van der Waals surface area contributed by atoms with Crippen molar-refractivity contribution in [2.24, 2.45) is 14.1 Å². The van der Waals surface area contributed by atoms with Crippen molar-refractivity contribution in [2.75, 3.05) is 13.2 Å². The van der Waals surface area contributed by atoms with Gasteiger partial charge in [-0.25, -0.2) is 0 Å². The van der Waals surface area contributed by atoms with Crippen molar-refractivity contribution in [3.8, 4) is 0 Å². The second-order valence-corrected chi connectivity index (χ2v) is 6.35. The maximum atomic E-state index is 12.9. The van der Waals surface area contributed by atoms with Gasteiger partial charge in [0.1, 0.15) is 6.61 Å². The highest BCUT2D eigenvalue weighted by Crippen LogP contribution is 2.20. The summed E-state index contributed by atoms with van der Waals surface area (Å²) in [5.74, 6) is -0.645. The number of hydrogen-bond donors (Lipinski definition) is 1. The molecule has 0 bridgehead atoms. The van der Waals surface area contributed by atoms with E-state index in [-0.39, 0.29) is 31.3 Å². The Balaban J connectivity index is 2.10. The molecule has 0 aliphatic carbocycles. The van der Waals surface area contributed by atoms with Crippen LogP contribution in [-0.4, -0.2) is 39.9 Å². The van der Waals surface area contributed by atoms with Gasteiger partial charge >= 0.3 is 5.97 Å². The zero-order chi connectivity index (χ0) is 19.4. The average molecular weight is 359 g/mol. The number of ketones is 1. The van der Waals surface area contributed by atoms with Crippen LogP contribution in [0.4, 0.5) is 0 Å². The lowest BCUT2D eigenvalue weighted by Crippen LogP contribution is -2.26. The molecule has 1 N–H and O–H groups in total. The summed E-state index contributed by atoms with van der Waals surface area (Å²) in [7, 11) is 3.63. The molecule has 0 spiro atoms. The van der Waals surface area contributed by atoms with Crippen LogP contribution in [0.2, 0.25) is 0 Å². The predicted molar refractivity (Wildman–Crippen MR) is 97.1 cm³/mol. The summed E-state index contributed by atoms with van der Waals surface area (Å²) in [4.78, 5) is 35.7. The van der Waals surface area contributed by atoms with Crippen molar-refractivity contribution >= 4 is 17.7 Å². The first kappa shape index (κ1) is 19.5. The van der Waals surface area contributed by atoms with Gasteiger partial charge in [0.15, 0.2) is 0 Å². The SMILES string of the molecule is CC(=O)NCCOC(=O)Cc1cc(C)c(C(=O)c2ccc(C)n2C)n1C. The summed E-state index contributed by atoms with van der Waals surface area (Å²) in [6.07, 6.45) is 0.0663. The number of carbonyl (C=O) groups excluding carboxylic acids is 3. The third-order valence-corrected chi connectivity index (χ3v) is 4.41. The van der Waals surface area contributed by atoms with E-state index in [1.165, 1.54) is 6.92 Å². The molecule has 0 fully saturated rings. The number of ether oxygens (including phenoxy) is 1. The fourth-order valence-electron chi connectivity index (χ4n) is 2.88. The van der Waals surface area contributed by atoms with Crippen molar-refractivity contribution in [1.82, 2.24) is 14.5 Å². The number of aryl methyl sites for hydroxylation is 2. The standard InChI is InChI=1S/C19H25N3O4/c1-12-10-15(11-17(24)26-9-8-20-14(3)23)22(5)18(12)19(25)16-7-6-13(2)21(16)4/h6-7,10H,8-9,11H2,1-5H3,(H,20,23). The molecule has 2 aromatic rings. The van der Waals surface area contributed by atoms with Crippen molar-refractivity contribution in [3.63, 3.8) is 0 Å². The number of nitrogens with one attached hydrogen (secondary N) is 1. The second kappa shape index (κ2) is 8.03. The van der Waals surface area contributed by atoms with Crippen LogP contribution in [0.25, 0.3) is 0 Å². The van der Waals surface area contributed by atoms with Crippen LogP contribution in [0.15, 0.2) is 18.2 Å². The maximum Gasteiger partial charge on any atom is 0.311 e. The number of aromatic nitrogens is 2. The van der Waals surface area contributed by atoms with Crippen LogP contribution >= 0.6 is 0 Å². The van der Waals surface area contributed by atoms with E-state index in [1.54, 1.807) is 17.7 Å². The Morgan fingerprint density at radius 3 is 2.38 bits per heavy atom. The zero-order valence-electron chi connectivity index (χ0n) is 15.9. The van der Waals surface area contributed by atoms with E-state index < -0.39 is 5.97 Å². The summed E-state index contributed by atoms with van der Waals surface area (Å²) in [6, 6.07) is 5.54. The van der Waals surface area contributed by atoms with Crippen LogP contribution in [-0.2, 0) is 34.8 Å². The molecule has 7 nitrogen and oxygen atoms in total. The summed E-state index contributed by atoms with van der Waals surface area (Å²) in [5, 5.41) is 2.56. The van der Waals surface area contributed by atoms with E-state index in [0.717, 1.165) is 11.3 Å². The van der Waals surface area contributed by atoms with Crippen LogP contribution in [0, 0.1) is 13.8 Å². The lowest BCUT2D eigenvalue weighted by atomic mass is 10.1. The highest BCUT2D eigenvalue weighted by molar-refractivity contribution is 6.08. The van der Waals surface area contributed by atoms with E-state index in [9.17, 15) is 14.4 Å². The number of carbonyl (C=O) groups is 3. The molecule has 26 heavy (non-hydrogen) atoms. The molecule has 0 aliphatic rings. The Morgan fingerprint density at radius 2 is 1.81 bits per heavy atom. The minimum atomic E-state index is -0.398. The third-order valence-electron chi connectivity index (χ3n) is 4.41. The lowest BCUT2D eigenvalue weighted by Gasteiger charge is -2.09. The summed E-state index contributed by atoms with van der Waals surface area (Å²) in [6.45, 7) is 5.60. The van der Waals surface area contributed by atoms with Gasteiger partial charge in [-0.05, 0) is 37.6 Å².